The van der Waals surface area contributed by atoms with Crippen LogP contribution in [0, 0.1) is 5.82 Å². The van der Waals surface area contributed by atoms with Gasteiger partial charge in [0.1, 0.15) is 5.82 Å². The highest BCUT2D eigenvalue weighted by Gasteiger charge is 2.33. The van der Waals surface area contributed by atoms with Crippen LogP contribution in [-0.4, -0.2) is 68.9 Å². The van der Waals surface area contributed by atoms with Crippen LogP contribution in [0.25, 0.3) is 6.08 Å². The van der Waals surface area contributed by atoms with E-state index in [1.165, 1.54) is 18.2 Å². The summed E-state index contributed by atoms with van der Waals surface area (Å²) in [7, 11) is 0.804. The van der Waals surface area contributed by atoms with Crippen molar-refractivity contribution in [2.75, 3.05) is 38.7 Å². The zero-order chi connectivity index (χ0) is 19.3. The van der Waals surface area contributed by atoms with Gasteiger partial charge < -0.3 is 9.80 Å². The van der Waals surface area contributed by atoms with Crippen molar-refractivity contribution in [3.8, 4) is 0 Å². The number of nitrogens with zero attached hydrogens (tertiary/aromatic N) is 2. The molecule has 8 heteroatoms. The molecule has 1 saturated heterocycles. The van der Waals surface area contributed by atoms with Gasteiger partial charge in [0, 0.05) is 28.7 Å². The average Bonchev–Trinajstić information content (AvgIpc) is 2.91. The maximum atomic E-state index is 13.8. The molecule has 0 bridgehead atoms. The van der Waals surface area contributed by atoms with E-state index >= 15 is 0 Å². The number of sulfone groups is 1. The molecular formula is C18H24BrFN2O3S. The van der Waals surface area contributed by atoms with Crippen molar-refractivity contribution in [2.45, 2.75) is 18.9 Å². The van der Waals surface area contributed by atoms with Gasteiger partial charge in [-0.15, -0.1) is 0 Å². The highest BCUT2D eigenvalue weighted by Crippen LogP contribution is 2.20. The molecule has 0 aliphatic carbocycles. The number of carbonyl (C=O) groups is 1. The van der Waals surface area contributed by atoms with E-state index in [2.05, 4.69) is 15.9 Å². The van der Waals surface area contributed by atoms with E-state index in [0.717, 1.165) is 17.4 Å². The van der Waals surface area contributed by atoms with Crippen LogP contribution in [-0.2, 0) is 14.6 Å². The Hall–Kier alpha value is -1.25. The topological polar surface area (TPSA) is 57.7 Å². The zero-order valence-corrected chi connectivity index (χ0v) is 17.4. The molecule has 1 heterocycles. The van der Waals surface area contributed by atoms with E-state index < -0.39 is 15.7 Å². The Bertz CT molecular complexity index is 781. The van der Waals surface area contributed by atoms with Crippen molar-refractivity contribution < 1.29 is 17.6 Å². The first kappa shape index (κ1) is 21.1. The molecule has 0 saturated carbocycles. The van der Waals surface area contributed by atoms with Crippen LogP contribution in [0.2, 0.25) is 0 Å². The van der Waals surface area contributed by atoms with Gasteiger partial charge in [0.2, 0.25) is 5.91 Å². The fourth-order valence-electron chi connectivity index (χ4n) is 2.95. The molecule has 1 aromatic rings. The van der Waals surface area contributed by atoms with Crippen LogP contribution in [0.1, 0.15) is 18.4 Å². The molecule has 0 N–H and O–H groups in total. The highest BCUT2D eigenvalue weighted by molar-refractivity contribution is 9.10. The second-order valence-electron chi connectivity index (χ2n) is 6.74. The van der Waals surface area contributed by atoms with Crippen LogP contribution < -0.4 is 0 Å². The summed E-state index contributed by atoms with van der Waals surface area (Å²) in [6.45, 7) is 1.27. The summed E-state index contributed by atoms with van der Waals surface area (Å²) in [5, 5.41) is 0. The number of amides is 1. The van der Waals surface area contributed by atoms with Gasteiger partial charge in [0.15, 0.2) is 9.84 Å². The van der Waals surface area contributed by atoms with Gasteiger partial charge in [0.25, 0.3) is 0 Å². The van der Waals surface area contributed by atoms with E-state index in [1.54, 1.807) is 17.0 Å². The molecule has 26 heavy (non-hydrogen) atoms. The maximum absolute atomic E-state index is 13.8. The van der Waals surface area contributed by atoms with Gasteiger partial charge in [-0.3, -0.25) is 4.79 Å². The second kappa shape index (κ2) is 9.10. The van der Waals surface area contributed by atoms with Crippen molar-refractivity contribution >= 4 is 37.8 Å². The van der Waals surface area contributed by atoms with Crippen molar-refractivity contribution in [3.05, 3.63) is 40.1 Å². The average molecular weight is 447 g/mol. The first-order valence-electron chi connectivity index (χ1n) is 8.47. The lowest BCUT2D eigenvalue weighted by atomic mass is 10.1. The summed E-state index contributed by atoms with van der Waals surface area (Å²) < 4.78 is 38.1. The van der Waals surface area contributed by atoms with Crippen molar-refractivity contribution in [3.63, 3.8) is 0 Å². The lowest BCUT2D eigenvalue weighted by Crippen LogP contribution is -2.41. The van der Waals surface area contributed by atoms with Gasteiger partial charge in [-0.2, -0.15) is 0 Å². The van der Waals surface area contributed by atoms with Gasteiger partial charge in [-0.25, -0.2) is 12.8 Å². The number of carbonyl (C=O) groups excluding carboxylic acids is 1. The summed E-state index contributed by atoms with van der Waals surface area (Å²) in [6, 6.07) is 4.19. The Morgan fingerprint density at radius 1 is 1.35 bits per heavy atom. The molecule has 5 nitrogen and oxygen atoms in total. The standard InChI is InChI=1S/C18H24BrFN2O3S/c1-21(2)9-3-10-22(16-8-11-26(24,25)13-16)18(23)7-4-14-12-15(19)5-6-17(14)20/h4-7,12,16H,3,8-11,13H2,1-2H3/b7-4+. The van der Waals surface area contributed by atoms with Crippen LogP contribution in [0.15, 0.2) is 28.7 Å². The SMILES string of the molecule is CN(C)CCCN(C(=O)/C=C/c1cc(Br)ccc1F)C1CCS(=O)(=O)C1. The molecule has 1 aliphatic heterocycles. The minimum atomic E-state index is -3.09. The van der Waals surface area contributed by atoms with Crippen LogP contribution in [0.5, 0.6) is 0 Å². The molecule has 1 unspecified atom stereocenters. The largest absolute Gasteiger partial charge is 0.335 e. The molecule has 1 aromatic carbocycles. The van der Waals surface area contributed by atoms with Crippen LogP contribution >= 0.6 is 15.9 Å². The Morgan fingerprint density at radius 2 is 2.08 bits per heavy atom. The zero-order valence-electron chi connectivity index (χ0n) is 15.0. The smallest absolute Gasteiger partial charge is 0.246 e. The summed E-state index contributed by atoms with van der Waals surface area (Å²) in [5.41, 5.74) is 0.306. The van der Waals surface area contributed by atoms with Gasteiger partial charge >= 0.3 is 0 Å². The fraction of sp³-hybridized carbons (Fsp3) is 0.500. The van der Waals surface area contributed by atoms with E-state index in [0.29, 0.717) is 18.5 Å². The molecule has 0 aromatic heterocycles. The number of halogens is 2. The minimum absolute atomic E-state index is 0.000208. The van der Waals surface area contributed by atoms with Crippen molar-refractivity contribution in [2.24, 2.45) is 0 Å². The molecule has 1 aliphatic rings. The first-order valence-corrected chi connectivity index (χ1v) is 11.1. The third-order valence-corrected chi connectivity index (χ3v) is 6.54. The van der Waals surface area contributed by atoms with Crippen LogP contribution in [0.4, 0.5) is 4.39 Å². The third kappa shape index (κ3) is 6.17. The van der Waals surface area contributed by atoms with E-state index in [9.17, 15) is 17.6 Å². The van der Waals surface area contributed by atoms with Gasteiger partial charge in [-0.05, 0) is 57.8 Å². The predicted octanol–water partition coefficient (Wildman–Crippen LogP) is 2.57. The second-order valence-corrected chi connectivity index (χ2v) is 9.89. The van der Waals surface area contributed by atoms with Crippen molar-refractivity contribution in [1.82, 2.24) is 9.80 Å². The Labute approximate surface area is 162 Å². The van der Waals surface area contributed by atoms with Gasteiger partial charge in [-0.1, -0.05) is 15.9 Å². The minimum Gasteiger partial charge on any atom is -0.335 e. The molecule has 1 atom stereocenters. The number of hydrogen-bond acceptors (Lipinski definition) is 4. The fourth-order valence-corrected chi connectivity index (χ4v) is 5.06. The molecule has 144 valence electrons. The summed E-state index contributed by atoms with van der Waals surface area (Å²) >= 11 is 3.28. The molecule has 2 rings (SSSR count). The van der Waals surface area contributed by atoms with E-state index in [4.69, 9.17) is 0 Å². The third-order valence-electron chi connectivity index (χ3n) is 4.30. The normalized spacial score (nSPS) is 19.3. The molecular weight excluding hydrogens is 423 g/mol. The molecule has 1 amide bonds. The number of benzene rings is 1. The number of rotatable bonds is 7. The molecule has 0 radical (unpaired) electrons. The quantitative estimate of drug-likeness (QED) is 0.603. The summed E-state index contributed by atoms with van der Waals surface area (Å²) in [6.07, 6.45) is 3.96. The lowest BCUT2D eigenvalue weighted by molar-refractivity contribution is -0.127. The van der Waals surface area contributed by atoms with Crippen molar-refractivity contribution in [1.29, 1.82) is 0 Å². The first-order chi connectivity index (χ1) is 12.2. The number of hydrogen-bond donors (Lipinski definition) is 0. The predicted molar refractivity (Wildman–Crippen MR) is 105 cm³/mol. The molecule has 0 spiro atoms. The maximum Gasteiger partial charge on any atom is 0.246 e. The van der Waals surface area contributed by atoms with E-state index in [1.807, 2.05) is 19.0 Å². The summed E-state index contributed by atoms with van der Waals surface area (Å²) in [4.78, 5) is 16.3. The highest BCUT2D eigenvalue weighted by atomic mass is 79.9. The Kier molecular flexibility index (Phi) is 7.37. The van der Waals surface area contributed by atoms with Crippen LogP contribution in [0.3, 0.4) is 0 Å². The molecule has 1 fully saturated rings. The lowest BCUT2D eigenvalue weighted by Gasteiger charge is -2.27. The monoisotopic (exact) mass is 446 g/mol. The Morgan fingerprint density at radius 3 is 2.69 bits per heavy atom. The van der Waals surface area contributed by atoms with E-state index in [-0.39, 0.29) is 23.5 Å². The van der Waals surface area contributed by atoms with Gasteiger partial charge in [0.05, 0.1) is 11.5 Å². The Balaban J connectivity index is 2.13. The summed E-state index contributed by atoms with van der Waals surface area (Å²) in [5.74, 6) is -0.594.